The standard InChI is InChI=1S/C11H9ClN4/c1-7-14-8(2)16(15-7)10-4-3-9(6-13)11(12)5-10/h3-5H,1-2H3. The Kier molecular flexibility index (Phi) is 2.63. The average Bonchev–Trinajstić information content (AvgIpc) is 2.58. The maximum Gasteiger partial charge on any atom is 0.148 e. The summed E-state index contributed by atoms with van der Waals surface area (Å²) in [6.45, 7) is 3.70. The van der Waals surface area contributed by atoms with Gasteiger partial charge in [0.2, 0.25) is 0 Å². The lowest BCUT2D eigenvalue weighted by Gasteiger charge is -2.03. The Bertz CT molecular complexity index is 580. The average molecular weight is 233 g/mol. The zero-order valence-corrected chi connectivity index (χ0v) is 9.65. The van der Waals surface area contributed by atoms with E-state index in [1.807, 2.05) is 19.9 Å². The van der Waals surface area contributed by atoms with Gasteiger partial charge in [0.1, 0.15) is 17.7 Å². The second-order valence-electron chi connectivity index (χ2n) is 3.39. The monoisotopic (exact) mass is 232 g/mol. The number of hydrogen-bond donors (Lipinski definition) is 0. The van der Waals surface area contributed by atoms with Crippen molar-refractivity contribution in [2.75, 3.05) is 0 Å². The number of aromatic nitrogens is 3. The predicted molar refractivity (Wildman–Crippen MR) is 60.6 cm³/mol. The van der Waals surface area contributed by atoms with Crippen molar-refractivity contribution in [2.24, 2.45) is 0 Å². The van der Waals surface area contributed by atoms with Gasteiger partial charge in [0, 0.05) is 0 Å². The molecule has 1 aromatic heterocycles. The molecule has 0 atom stereocenters. The van der Waals surface area contributed by atoms with E-state index in [2.05, 4.69) is 10.1 Å². The van der Waals surface area contributed by atoms with Crippen molar-refractivity contribution in [3.63, 3.8) is 0 Å². The molecule has 0 radical (unpaired) electrons. The molecule has 5 heteroatoms. The van der Waals surface area contributed by atoms with Gasteiger partial charge in [-0.3, -0.25) is 0 Å². The maximum absolute atomic E-state index is 8.77. The summed E-state index contributed by atoms with van der Waals surface area (Å²) in [5.41, 5.74) is 1.27. The fraction of sp³-hybridized carbons (Fsp3) is 0.182. The molecule has 1 aromatic carbocycles. The van der Waals surface area contributed by atoms with Crippen LogP contribution in [0, 0.1) is 25.2 Å². The Hall–Kier alpha value is -1.86. The lowest BCUT2D eigenvalue weighted by Crippen LogP contribution is -1.99. The molecule has 0 saturated heterocycles. The number of aryl methyl sites for hydroxylation is 2. The molecule has 0 aliphatic rings. The molecule has 4 nitrogen and oxygen atoms in total. The molecule has 2 aromatic rings. The second-order valence-corrected chi connectivity index (χ2v) is 3.80. The summed E-state index contributed by atoms with van der Waals surface area (Å²) in [5.74, 6) is 1.50. The van der Waals surface area contributed by atoms with E-state index in [-0.39, 0.29) is 0 Å². The second kappa shape index (κ2) is 3.95. The molecule has 0 bridgehead atoms. The van der Waals surface area contributed by atoms with Crippen molar-refractivity contribution >= 4 is 11.6 Å². The van der Waals surface area contributed by atoms with Crippen LogP contribution in [0.4, 0.5) is 0 Å². The third-order valence-electron chi connectivity index (χ3n) is 2.19. The van der Waals surface area contributed by atoms with Crippen LogP contribution in [0.1, 0.15) is 17.2 Å². The van der Waals surface area contributed by atoms with Gasteiger partial charge in [0.15, 0.2) is 0 Å². The molecular weight excluding hydrogens is 224 g/mol. The Labute approximate surface area is 98.1 Å². The summed E-state index contributed by atoms with van der Waals surface area (Å²) in [4.78, 5) is 4.20. The normalized spacial score (nSPS) is 10.1. The van der Waals surface area contributed by atoms with E-state index in [0.717, 1.165) is 11.5 Å². The molecular formula is C11H9ClN4. The molecule has 0 aliphatic carbocycles. The summed E-state index contributed by atoms with van der Waals surface area (Å²) in [5, 5.41) is 13.4. The van der Waals surface area contributed by atoms with Crippen LogP contribution in [-0.4, -0.2) is 14.8 Å². The van der Waals surface area contributed by atoms with E-state index in [1.54, 1.807) is 22.9 Å². The molecule has 0 aliphatic heterocycles. The number of halogens is 1. The maximum atomic E-state index is 8.77. The van der Waals surface area contributed by atoms with Gasteiger partial charge < -0.3 is 0 Å². The number of rotatable bonds is 1. The first-order valence-corrected chi connectivity index (χ1v) is 5.10. The topological polar surface area (TPSA) is 54.5 Å². The zero-order valence-electron chi connectivity index (χ0n) is 8.90. The van der Waals surface area contributed by atoms with Gasteiger partial charge >= 0.3 is 0 Å². The first kappa shape index (κ1) is 10.7. The molecule has 0 fully saturated rings. The van der Waals surface area contributed by atoms with E-state index in [0.29, 0.717) is 16.4 Å². The Morgan fingerprint density at radius 1 is 1.38 bits per heavy atom. The first-order valence-electron chi connectivity index (χ1n) is 4.72. The summed E-state index contributed by atoms with van der Waals surface area (Å²) >= 11 is 5.95. The van der Waals surface area contributed by atoms with E-state index < -0.39 is 0 Å². The molecule has 0 saturated carbocycles. The van der Waals surface area contributed by atoms with Gasteiger partial charge in [-0.15, -0.1) is 0 Å². The third-order valence-corrected chi connectivity index (χ3v) is 2.51. The molecule has 16 heavy (non-hydrogen) atoms. The van der Waals surface area contributed by atoms with Crippen LogP contribution < -0.4 is 0 Å². The molecule has 1 heterocycles. The number of nitriles is 1. The quantitative estimate of drug-likeness (QED) is 0.759. The SMILES string of the molecule is Cc1nc(C)n(-c2ccc(C#N)c(Cl)c2)n1. The Balaban J connectivity index is 2.54. The van der Waals surface area contributed by atoms with E-state index in [9.17, 15) is 0 Å². The first-order chi connectivity index (χ1) is 7.61. The predicted octanol–water partition coefficient (Wildman–Crippen LogP) is 2.41. The minimum Gasteiger partial charge on any atom is -0.218 e. The van der Waals surface area contributed by atoms with Crippen molar-refractivity contribution in [1.29, 1.82) is 5.26 Å². The van der Waals surface area contributed by atoms with Gasteiger partial charge in [-0.2, -0.15) is 10.4 Å². The molecule has 2 rings (SSSR count). The Morgan fingerprint density at radius 3 is 2.62 bits per heavy atom. The van der Waals surface area contributed by atoms with Gasteiger partial charge in [-0.05, 0) is 32.0 Å². The molecule has 0 spiro atoms. The highest BCUT2D eigenvalue weighted by atomic mass is 35.5. The smallest absolute Gasteiger partial charge is 0.148 e. The highest BCUT2D eigenvalue weighted by molar-refractivity contribution is 6.31. The van der Waals surface area contributed by atoms with Gasteiger partial charge in [-0.25, -0.2) is 9.67 Å². The van der Waals surface area contributed by atoms with E-state index in [4.69, 9.17) is 16.9 Å². The van der Waals surface area contributed by atoms with Crippen LogP contribution in [0.2, 0.25) is 5.02 Å². The van der Waals surface area contributed by atoms with Crippen molar-refractivity contribution < 1.29 is 0 Å². The summed E-state index contributed by atoms with van der Waals surface area (Å²) in [7, 11) is 0. The lowest BCUT2D eigenvalue weighted by atomic mass is 10.2. The Morgan fingerprint density at radius 2 is 2.12 bits per heavy atom. The molecule has 0 unspecified atom stereocenters. The van der Waals surface area contributed by atoms with Crippen LogP contribution in [0.15, 0.2) is 18.2 Å². The van der Waals surface area contributed by atoms with Gasteiger partial charge in [0.25, 0.3) is 0 Å². The third kappa shape index (κ3) is 1.77. The van der Waals surface area contributed by atoms with Crippen molar-refractivity contribution in [1.82, 2.24) is 14.8 Å². The highest BCUT2D eigenvalue weighted by Crippen LogP contribution is 2.19. The van der Waals surface area contributed by atoms with Crippen molar-refractivity contribution in [3.05, 3.63) is 40.4 Å². The summed E-state index contributed by atoms with van der Waals surface area (Å²) < 4.78 is 1.70. The minimum atomic E-state index is 0.424. The number of nitrogens with zero attached hydrogens (tertiary/aromatic N) is 4. The van der Waals surface area contributed by atoms with Crippen LogP contribution in [0.5, 0.6) is 0 Å². The van der Waals surface area contributed by atoms with Gasteiger partial charge in [-0.1, -0.05) is 11.6 Å². The number of hydrogen-bond acceptors (Lipinski definition) is 3. The van der Waals surface area contributed by atoms with Crippen LogP contribution in [-0.2, 0) is 0 Å². The van der Waals surface area contributed by atoms with E-state index in [1.165, 1.54) is 0 Å². The lowest BCUT2D eigenvalue weighted by molar-refractivity contribution is 0.831. The highest BCUT2D eigenvalue weighted by Gasteiger charge is 2.07. The molecule has 0 N–H and O–H groups in total. The van der Waals surface area contributed by atoms with E-state index >= 15 is 0 Å². The van der Waals surface area contributed by atoms with Crippen molar-refractivity contribution in [2.45, 2.75) is 13.8 Å². The van der Waals surface area contributed by atoms with Crippen molar-refractivity contribution in [3.8, 4) is 11.8 Å². The van der Waals surface area contributed by atoms with Gasteiger partial charge in [0.05, 0.1) is 16.3 Å². The van der Waals surface area contributed by atoms with Crippen LogP contribution in [0.3, 0.4) is 0 Å². The molecule has 80 valence electrons. The molecule has 0 amide bonds. The zero-order chi connectivity index (χ0) is 11.7. The fourth-order valence-corrected chi connectivity index (χ4v) is 1.71. The summed E-state index contributed by atoms with van der Waals surface area (Å²) in [6, 6.07) is 7.20. The van der Waals surface area contributed by atoms with Crippen LogP contribution >= 0.6 is 11.6 Å². The van der Waals surface area contributed by atoms with Crippen LogP contribution in [0.25, 0.3) is 5.69 Å². The largest absolute Gasteiger partial charge is 0.218 e. The minimum absolute atomic E-state index is 0.424. The number of benzene rings is 1. The fourth-order valence-electron chi connectivity index (χ4n) is 1.49. The summed E-state index contributed by atoms with van der Waals surface area (Å²) in [6.07, 6.45) is 0.